The number of ketones is 1. The van der Waals surface area contributed by atoms with Crippen molar-refractivity contribution in [2.75, 3.05) is 13.2 Å². The minimum Gasteiger partial charge on any atom is -0.494 e. The summed E-state index contributed by atoms with van der Waals surface area (Å²) in [4.78, 5) is 39.5. The average Bonchev–Trinajstić information content (AvgIpc) is 3.10. The Morgan fingerprint density at radius 2 is 1.91 bits per heavy atom. The fourth-order valence-corrected chi connectivity index (χ4v) is 4.57. The number of nitrogens with zero attached hydrogens (tertiary/aromatic N) is 2. The Labute approximate surface area is 193 Å². The highest BCUT2D eigenvalue weighted by molar-refractivity contribution is 5.97. The topological polar surface area (TPSA) is 123 Å². The zero-order chi connectivity index (χ0) is 24.2. The van der Waals surface area contributed by atoms with E-state index in [-0.39, 0.29) is 12.4 Å². The first-order valence-electron chi connectivity index (χ1n) is 11.1. The first kappa shape index (κ1) is 24.1. The molecule has 174 valence electrons. The molecule has 2 N–H and O–H groups in total. The van der Waals surface area contributed by atoms with Crippen LogP contribution in [0.1, 0.15) is 45.1 Å². The molecule has 0 radical (unpaired) electrons. The van der Waals surface area contributed by atoms with Gasteiger partial charge in [-0.1, -0.05) is 37.6 Å². The minimum absolute atomic E-state index is 0.0748. The van der Waals surface area contributed by atoms with E-state index < -0.39 is 35.3 Å². The van der Waals surface area contributed by atoms with Gasteiger partial charge in [0.15, 0.2) is 11.2 Å². The molecule has 0 aliphatic carbocycles. The van der Waals surface area contributed by atoms with Gasteiger partial charge in [0.2, 0.25) is 5.91 Å². The van der Waals surface area contributed by atoms with Gasteiger partial charge in [-0.25, -0.2) is 0 Å². The van der Waals surface area contributed by atoms with Crippen LogP contribution < -0.4 is 10.5 Å². The SMILES string of the molecule is CCCCOc1ccc(C2C(C(N)=O)N3C=C(C(C)=O)C=CC3C2(C#N)C(=O)OCC)cc1. The van der Waals surface area contributed by atoms with Crippen LogP contribution in [0.4, 0.5) is 0 Å². The van der Waals surface area contributed by atoms with Crippen LogP contribution in [0.3, 0.4) is 0 Å². The lowest BCUT2D eigenvalue weighted by molar-refractivity contribution is -0.153. The second kappa shape index (κ2) is 9.90. The number of primary amides is 1. The molecule has 1 saturated heterocycles. The van der Waals surface area contributed by atoms with Gasteiger partial charge in [0.05, 0.1) is 25.3 Å². The molecule has 0 bridgehead atoms. The van der Waals surface area contributed by atoms with E-state index in [2.05, 4.69) is 13.0 Å². The zero-order valence-electron chi connectivity index (χ0n) is 19.1. The van der Waals surface area contributed by atoms with Crippen molar-refractivity contribution in [3.05, 3.63) is 53.8 Å². The number of ether oxygens (including phenoxy) is 2. The fourth-order valence-electron chi connectivity index (χ4n) is 4.57. The van der Waals surface area contributed by atoms with E-state index >= 15 is 0 Å². The monoisotopic (exact) mass is 451 g/mol. The van der Waals surface area contributed by atoms with Crippen LogP contribution in [-0.2, 0) is 19.1 Å². The van der Waals surface area contributed by atoms with E-state index in [0.29, 0.717) is 23.5 Å². The van der Waals surface area contributed by atoms with Crippen LogP contribution in [0, 0.1) is 16.7 Å². The van der Waals surface area contributed by atoms with Gasteiger partial charge in [0, 0.05) is 17.7 Å². The molecule has 1 aromatic carbocycles. The quantitative estimate of drug-likeness (QED) is 0.452. The number of carbonyl (C=O) groups excluding carboxylic acids is 3. The molecule has 8 heteroatoms. The third-order valence-electron chi connectivity index (χ3n) is 6.16. The van der Waals surface area contributed by atoms with Crippen molar-refractivity contribution in [3.63, 3.8) is 0 Å². The van der Waals surface area contributed by atoms with Crippen molar-refractivity contribution < 1.29 is 23.9 Å². The lowest BCUT2D eigenvalue weighted by Crippen LogP contribution is -2.45. The first-order chi connectivity index (χ1) is 15.8. The summed E-state index contributed by atoms with van der Waals surface area (Å²) < 4.78 is 11.0. The Bertz CT molecular complexity index is 1020. The number of Topliss-reactive ketones (excluding diaryl/α,β-unsaturated/α-hetero) is 1. The van der Waals surface area contributed by atoms with E-state index in [1.807, 2.05) is 0 Å². The Kier molecular flexibility index (Phi) is 7.22. The normalized spacial score (nSPS) is 25.6. The molecular weight excluding hydrogens is 422 g/mol. The van der Waals surface area contributed by atoms with Crippen molar-refractivity contribution in [3.8, 4) is 11.8 Å². The second-order valence-corrected chi connectivity index (χ2v) is 8.19. The maximum absolute atomic E-state index is 13.3. The van der Waals surface area contributed by atoms with Gasteiger partial charge in [0.25, 0.3) is 0 Å². The van der Waals surface area contributed by atoms with Crippen LogP contribution in [-0.4, -0.2) is 47.9 Å². The van der Waals surface area contributed by atoms with Gasteiger partial charge < -0.3 is 20.1 Å². The van der Waals surface area contributed by atoms with Crippen molar-refractivity contribution in [1.29, 1.82) is 5.26 Å². The van der Waals surface area contributed by atoms with Gasteiger partial charge in [-0.05, 0) is 38.0 Å². The summed E-state index contributed by atoms with van der Waals surface area (Å²) in [5.41, 5.74) is 5.00. The second-order valence-electron chi connectivity index (χ2n) is 8.19. The van der Waals surface area contributed by atoms with Gasteiger partial charge in [-0.15, -0.1) is 0 Å². The van der Waals surface area contributed by atoms with Gasteiger partial charge in [-0.3, -0.25) is 14.4 Å². The number of esters is 1. The minimum atomic E-state index is -1.74. The molecule has 4 atom stereocenters. The van der Waals surface area contributed by atoms with E-state index in [9.17, 15) is 19.6 Å². The molecule has 2 aliphatic heterocycles. The number of unbranched alkanes of at least 4 members (excludes halogenated alkanes) is 1. The summed E-state index contributed by atoms with van der Waals surface area (Å²) in [5, 5.41) is 10.4. The molecule has 2 aliphatic rings. The number of hydrogen-bond acceptors (Lipinski definition) is 7. The standard InChI is InChI=1S/C25H29N3O5/c1-4-6-13-33-19-10-7-17(8-11-19)21-22(23(27)30)28-14-18(16(3)29)9-12-20(28)25(21,15-26)24(31)32-5-2/h7-12,14,20-22H,4-6,13H2,1-3H3,(H2,27,30). The van der Waals surface area contributed by atoms with Gasteiger partial charge in [-0.2, -0.15) is 5.26 Å². The average molecular weight is 452 g/mol. The Morgan fingerprint density at radius 3 is 2.45 bits per heavy atom. The van der Waals surface area contributed by atoms with E-state index in [1.54, 1.807) is 48.2 Å². The molecule has 1 aromatic rings. The number of nitriles is 1. The molecule has 4 unspecified atom stereocenters. The summed E-state index contributed by atoms with van der Waals surface area (Å²) in [5.74, 6) is -1.91. The molecule has 0 spiro atoms. The molecule has 1 fully saturated rings. The van der Waals surface area contributed by atoms with E-state index in [4.69, 9.17) is 15.2 Å². The summed E-state index contributed by atoms with van der Waals surface area (Å²) in [7, 11) is 0. The van der Waals surface area contributed by atoms with E-state index in [0.717, 1.165) is 12.8 Å². The maximum Gasteiger partial charge on any atom is 0.329 e. The highest BCUT2D eigenvalue weighted by Gasteiger charge is 2.66. The number of fused-ring (bicyclic) bond motifs is 1. The fraction of sp³-hybridized carbons (Fsp3) is 0.440. The number of benzene rings is 1. The predicted molar refractivity (Wildman–Crippen MR) is 121 cm³/mol. The van der Waals surface area contributed by atoms with Gasteiger partial charge >= 0.3 is 5.97 Å². The molecule has 1 amide bonds. The van der Waals surface area contributed by atoms with Crippen LogP contribution >= 0.6 is 0 Å². The predicted octanol–water partition coefficient (Wildman–Crippen LogP) is 2.60. The molecule has 3 rings (SSSR count). The van der Waals surface area contributed by atoms with Crippen molar-refractivity contribution in [2.45, 2.75) is 51.6 Å². The number of carbonyl (C=O) groups is 3. The van der Waals surface area contributed by atoms with Crippen molar-refractivity contribution in [1.82, 2.24) is 4.90 Å². The van der Waals surface area contributed by atoms with Crippen molar-refractivity contribution >= 4 is 17.7 Å². The lowest BCUT2D eigenvalue weighted by atomic mass is 9.68. The Balaban J connectivity index is 2.14. The molecular formula is C25H29N3O5. The Hall–Kier alpha value is -3.60. The zero-order valence-corrected chi connectivity index (χ0v) is 19.1. The summed E-state index contributed by atoms with van der Waals surface area (Å²) in [6, 6.07) is 7.29. The smallest absolute Gasteiger partial charge is 0.329 e. The largest absolute Gasteiger partial charge is 0.494 e. The lowest BCUT2D eigenvalue weighted by Gasteiger charge is -2.32. The van der Waals surface area contributed by atoms with Crippen LogP contribution in [0.25, 0.3) is 0 Å². The Morgan fingerprint density at radius 1 is 1.21 bits per heavy atom. The third kappa shape index (κ3) is 4.23. The number of nitrogens with two attached hydrogens (primary N) is 1. The summed E-state index contributed by atoms with van der Waals surface area (Å²) in [6.45, 7) is 5.79. The van der Waals surface area contributed by atoms with Crippen LogP contribution in [0.15, 0.2) is 48.2 Å². The highest BCUT2D eigenvalue weighted by Crippen LogP contribution is 2.53. The number of amides is 1. The van der Waals surface area contributed by atoms with Crippen molar-refractivity contribution in [2.24, 2.45) is 11.1 Å². The number of rotatable bonds is 9. The number of hydrogen-bond donors (Lipinski definition) is 1. The van der Waals surface area contributed by atoms with Crippen LogP contribution in [0.2, 0.25) is 0 Å². The maximum atomic E-state index is 13.3. The van der Waals surface area contributed by atoms with Gasteiger partial charge in [0.1, 0.15) is 11.8 Å². The molecule has 33 heavy (non-hydrogen) atoms. The summed E-state index contributed by atoms with van der Waals surface area (Å²) in [6.07, 6.45) is 6.61. The first-order valence-corrected chi connectivity index (χ1v) is 11.1. The number of allylic oxidation sites excluding steroid dienone is 2. The molecule has 0 saturated carbocycles. The molecule has 8 nitrogen and oxygen atoms in total. The third-order valence-corrected chi connectivity index (χ3v) is 6.16. The molecule has 2 heterocycles. The summed E-state index contributed by atoms with van der Waals surface area (Å²) >= 11 is 0. The van der Waals surface area contributed by atoms with Crippen LogP contribution in [0.5, 0.6) is 5.75 Å². The molecule has 0 aromatic heterocycles. The highest BCUT2D eigenvalue weighted by atomic mass is 16.5. The van der Waals surface area contributed by atoms with E-state index in [1.165, 1.54) is 13.1 Å².